The molecule has 0 unspecified atom stereocenters. The van der Waals surface area contributed by atoms with Gasteiger partial charge < -0.3 is 19.4 Å². The molecule has 0 saturated heterocycles. The van der Waals surface area contributed by atoms with Crippen LogP contribution in [0, 0.1) is 17.0 Å². The predicted octanol–water partition coefficient (Wildman–Crippen LogP) is 1.84. The maximum atomic E-state index is 11.8. The first kappa shape index (κ1) is 20.8. The van der Waals surface area contributed by atoms with Crippen molar-refractivity contribution in [2.24, 2.45) is 0 Å². The highest BCUT2D eigenvalue weighted by atomic mass is 16.6. The number of benzene rings is 1. The van der Waals surface area contributed by atoms with Crippen molar-refractivity contribution in [1.82, 2.24) is 9.55 Å². The average molecular weight is 392 g/mol. The van der Waals surface area contributed by atoms with Gasteiger partial charge in [0.15, 0.2) is 0 Å². The average Bonchev–Trinajstić information content (AvgIpc) is 2.89. The van der Waals surface area contributed by atoms with Crippen LogP contribution in [0.15, 0.2) is 6.07 Å². The lowest BCUT2D eigenvalue weighted by Crippen LogP contribution is -2.14. The summed E-state index contributed by atoms with van der Waals surface area (Å²) in [6.45, 7) is 5.11. The first-order chi connectivity index (χ1) is 13.1. The zero-order valence-electron chi connectivity index (χ0n) is 15.9. The molecule has 1 N–H and O–H groups in total. The number of amides is 1. The maximum absolute atomic E-state index is 11.8. The van der Waals surface area contributed by atoms with Gasteiger partial charge >= 0.3 is 17.6 Å². The van der Waals surface area contributed by atoms with E-state index in [2.05, 4.69) is 10.3 Å². The second kappa shape index (κ2) is 8.46. The van der Waals surface area contributed by atoms with Crippen LogP contribution in [0.5, 0.6) is 0 Å². The van der Waals surface area contributed by atoms with Gasteiger partial charge in [-0.1, -0.05) is 0 Å². The summed E-state index contributed by atoms with van der Waals surface area (Å²) in [6.07, 6.45) is 0. The Morgan fingerprint density at radius 3 is 2.39 bits per heavy atom. The van der Waals surface area contributed by atoms with Crippen LogP contribution in [0.25, 0.3) is 11.0 Å². The molecule has 1 heterocycles. The normalized spacial score (nSPS) is 10.6. The minimum atomic E-state index is -0.611. The third-order valence-electron chi connectivity index (χ3n) is 3.79. The molecule has 0 aliphatic heterocycles. The zero-order chi connectivity index (χ0) is 21.0. The molecule has 2 aromatic rings. The lowest BCUT2D eigenvalue weighted by molar-refractivity contribution is -0.382. The number of rotatable bonds is 7. The third-order valence-corrected chi connectivity index (χ3v) is 3.79. The SMILES string of the molecule is CC(=O)Nc1c(C)cc2nc(COC(C)=O)n(CCOC(C)=O)c2c1[N+](=O)[O-]. The Morgan fingerprint density at radius 1 is 1.21 bits per heavy atom. The van der Waals surface area contributed by atoms with Crippen LogP contribution in [0.3, 0.4) is 0 Å². The standard InChI is InChI=1S/C17H20N4O7/c1-9-7-13-16(17(21(25)26)15(9)18-10(2)22)20(5-6-27-11(3)23)14(19-13)8-28-12(4)24/h7H,5-6,8H2,1-4H3,(H,18,22). The van der Waals surface area contributed by atoms with Gasteiger partial charge in [0.05, 0.1) is 17.0 Å². The van der Waals surface area contributed by atoms with Gasteiger partial charge in [-0.2, -0.15) is 0 Å². The number of nitrogens with one attached hydrogen (secondary N) is 1. The number of ether oxygens (including phenoxy) is 2. The molecule has 0 fully saturated rings. The van der Waals surface area contributed by atoms with Crippen molar-refractivity contribution in [3.63, 3.8) is 0 Å². The minimum absolute atomic E-state index is 0.0517. The van der Waals surface area contributed by atoms with Crippen molar-refractivity contribution in [3.05, 3.63) is 27.6 Å². The molecule has 1 aromatic carbocycles. The highest BCUT2D eigenvalue weighted by molar-refractivity contribution is 6.00. The lowest BCUT2D eigenvalue weighted by atomic mass is 10.1. The van der Waals surface area contributed by atoms with E-state index < -0.39 is 22.8 Å². The van der Waals surface area contributed by atoms with Gasteiger partial charge in [0.25, 0.3) is 0 Å². The summed E-state index contributed by atoms with van der Waals surface area (Å²) in [5.74, 6) is -1.25. The number of anilines is 1. The number of aromatic nitrogens is 2. The molecule has 11 nitrogen and oxygen atoms in total. The molecule has 0 aliphatic rings. The topological polar surface area (TPSA) is 143 Å². The molecule has 0 radical (unpaired) electrons. The summed E-state index contributed by atoms with van der Waals surface area (Å²) in [7, 11) is 0. The van der Waals surface area contributed by atoms with Gasteiger partial charge in [-0.25, -0.2) is 4.98 Å². The summed E-state index contributed by atoms with van der Waals surface area (Å²) in [6, 6.07) is 1.59. The van der Waals surface area contributed by atoms with E-state index >= 15 is 0 Å². The van der Waals surface area contributed by atoms with Crippen LogP contribution in [0.2, 0.25) is 0 Å². The number of nitrogens with zero attached hydrogens (tertiary/aromatic N) is 3. The fourth-order valence-electron chi connectivity index (χ4n) is 2.76. The molecule has 0 spiro atoms. The second-order valence-electron chi connectivity index (χ2n) is 6.02. The molecule has 28 heavy (non-hydrogen) atoms. The van der Waals surface area contributed by atoms with Crippen LogP contribution >= 0.6 is 0 Å². The molecule has 1 aromatic heterocycles. The molecule has 150 valence electrons. The van der Waals surface area contributed by atoms with E-state index in [-0.39, 0.29) is 42.5 Å². The summed E-state index contributed by atoms with van der Waals surface area (Å²) in [4.78, 5) is 49.3. The van der Waals surface area contributed by atoms with Crippen molar-refractivity contribution in [3.8, 4) is 0 Å². The highest BCUT2D eigenvalue weighted by Crippen LogP contribution is 2.37. The summed E-state index contributed by atoms with van der Waals surface area (Å²) in [5, 5.41) is 14.3. The van der Waals surface area contributed by atoms with Crippen molar-refractivity contribution in [2.75, 3.05) is 11.9 Å². The first-order valence-electron chi connectivity index (χ1n) is 8.33. The Hall–Kier alpha value is -3.50. The largest absolute Gasteiger partial charge is 0.464 e. The van der Waals surface area contributed by atoms with Crippen LogP contribution in [-0.4, -0.2) is 38.9 Å². The van der Waals surface area contributed by atoms with E-state index in [0.29, 0.717) is 11.1 Å². The predicted molar refractivity (Wildman–Crippen MR) is 97.5 cm³/mol. The highest BCUT2D eigenvalue weighted by Gasteiger charge is 2.28. The van der Waals surface area contributed by atoms with Crippen LogP contribution in [0.1, 0.15) is 32.2 Å². The summed E-state index contributed by atoms with van der Waals surface area (Å²) in [5.41, 5.74) is 0.599. The number of imidazole rings is 1. The molecule has 0 aliphatic carbocycles. The zero-order valence-corrected chi connectivity index (χ0v) is 15.9. The smallest absolute Gasteiger partial charge is 0.318 e. The first-order valence-corrected chi connectivity index (χ1v) is 8.33. The molecule has 1 amide bonds. The maximum Gasteiger partial charge on any atom is 0.318 e. The Morgan fingerprint density at radius 2 is 1.86 bits per heavy atom. The van der Waals surface area contributed by atoms with E-state index in [1.807, 2.05) is 0 Å². The van der Waals surface area contributed by atoms with E-state index in [4.69, 9.17) is 9.47 Å². The van der Waals surface area contributed by atoms with Gasteiger partial charge in [0.2, 0.25) is 5.91 Å². The van der Waals surface area contributed by atoms with Gasteiger partial charge in [-0.15, -0.1) is 0 Å². The fraction of sp³-hybridized carbons (Fsp3) is 0.412. The Labute approximate surface area is 159 Å². The van der Waals surface area contributed by atoms with Crippen LogP contribution in [-0.2, 0) is 37.0 Å². The van der Waals surface area contributed by atoms with Crippen molar-refractivity contribution in [2.45, 2.75) is 40.8 Å². The fourth-order valence-corrected chi connectivity index (χ4v) is 2.76. The molecule has 0 bridgehead atoms. The number of aryl methyl sites for hydroxylation is 1. The Bertz CT molecular complexity index is 964. The molecule has 2 rings (SSSR count). The molecule has 11 heteroatoms. The van der Waals surface area contributed by atoms with Crippen LogP contribution in [0.4, 0.5) is 11.4 Å². The quantitative estimate of drug-likeness (QED) is 0.427. The number of nitro groups is 1. The van der Waals surface area contributed by atoms with Crippen molar-refractivity contribution < 1.29 is 28.8 Å². The Kier molecular flexibility index (Phi) is 6.29. The van der Waals surface area contributed by atoms with Gasteiger partial charge in [0, 0.05) is 20.8 Å². The second-order valence-corrected chi connectivity index (χ2v) is 6.02. The number of nitro benzene ring substituents is 1. The van der Waals surface area contributed by atoms with Gasteiger partial charge in [-0.3, -0.25) is 24.5 Å². The van der Waals surface area contributed by atoms with E-state index in [0.717, 1.165) is 0 Å². The third kappa shape index (κ3) is 4.61. The number of carbonyl (C=O) groups is 3. The number of carbonyl (C=O) groups excluding carboxylic acids is 3. The summed E-state index contributed by atoms with van der Waals surface area (Å²) < 4.78 is 11.4. The van der Waals surface area contributed by atoms with Gasteiger partial charge in [-0.05, 0) is 18.6 Å². The Balaban J connectivity index is 2.70. The molecule has 0 saturated carbocycles. The molecule has 0 atom stereocenters. The van der Waals surface area contributed by atoms with Crippen molar-refractivity contribution >= 4 is 40.3 Å². The van der Waals surface area contributed by atoms with Gasteiger partial charge in [0.1, 0.15) is 30.2 Å². The number of hydrogen-bond donors (Lipinski definition) is 1. The number of hydrogen-bond acceptors (Lipinski definition) is 8. The van der Waals surface area contributed by atoms with E-state index in [9.17, 15) is 24.5 Å². The monoisotopic (exact) mass is 392 g/mol. The lowest BCUT2D eigenvalue weighted by Gasteiger charge is -2.12. The molecular formula is C17H20N4O7. The number of fused-ring (bicyclic) bond motifs is 1. The minimum Gasteiger partial charge on any atom is -0.464 e. The van der Waals surface area contributed by atoms with E-state index in [1.54, 1.807) is 13.0 Å². The van der Waals surface area contributed by atoms with Crippen molar-refractivity contribution in [1.29, 1.82) is 0 Å². The summed E-state index contributed by atoms with van der Waals surface area (Å²) >= 11 is 0. The van der Waals surface area contributed by atoms with Crippen LogP contribution < -0.4 is 5.32 Å². The van der Waals surface area contributed by atoms with E-state index in [1.165, 1.54) is 25.3 Å². The number of esters is 2. The molecular weight excluding hydrogens is 372 g/mol.